The van der Waals surface area contributed by atoms with E-state index in [-0.39, 0.29) is 5.75 Å². The maximum atomic E-state index is 12.3. The smallest absolute Gasteiger partial charge is 0.387 e. The highest BCUT2D eigenvalue weighted by Crippen LogP contribution is 2.27. The molecule has 0 amide bonds. The van der Waals surface area contributed by atoms with E-state index in [4.69, 9.17) is 5.73 Å². The first-order chi connectivity index (χ1) is 9.16. The molecule has 0 spiro atoms. The number of rotatable bonds is 5. The second kappa shape index (κ2) is 6.24. The normalized spacial score (nSPS) is 12.4. The summed E-state index contributed by atoms with van der Waals surface area (Å²) in [6, 6.07) is 9.86. The topological polar surface area (TPSA) is 48.1 Å². The van der Waals surface area contributed by atoms with E-state index in [9.17, 15) is 8.78 Å². The van der Waals surface area contributed by atoms with E-state index in [1.165, 1.54) is 6.07 Å². The van der Waals surface area contributed by atoms with E-state index in [1.54, 1.807) is 30.6 Å². The Balaban J connectivity index is 2.16. The van der Waals surface area contributed by atoms with E-state index >= 15 is 0 Å². The largest absolute Gasteiger partial charge is 0.434 e. The third kappa shape index (κ3) is 3.72. The quantitative estimate of drug-likeness (QED) is 0.903. The lowest BCUT2D eigenvalue weighted by Crippen LogP contribution is -2.16. The van der Waals surface area contributed by atoms with Gasteiger partial charge in [0, 0.05) is 24.0 Å². The SMILES string of the molecule is NC(Cc1ccncc1)c1ccccc1OC(F)F. The van der Waals surface area contributed by atoms with Crippen LogP contribution in [-0.4, -0.2) is 11.6 Å². The molecule has 2 aromatic rings. The van der Waals surface area contributed by atoms with Crippen LogP contribution in [0.4, 0.5) is 8.78 Å². The van der Waals surface area contributed by atoms with Crippen molar-refractivity contribution in [3.8, 4) is 5.75 Å². The summed E-state index contributed by atoms with van der Waals surface area (Å²) in [5.74, 6) is 0.124. The van der Waals surface area contributed by atoms with Crippen LogP contribution in [0, 0.1) is 0 Å². The lowest BCUT2D eigenvalue weighted by molar-refractivity contribution is -0.0506. The van der Waals surface area contributed by atoms with Gasteiger partial charge < -0.3 is 10.5 Å². The minimum Gasteiger partial charge on any atom is -0.434 e. The highest BCUT2D eigenvalue weighted by Gasteiger charge is 2.15. The molecule has 0 saturated heterocycles. The maximum Gasteiger partial charge on any atom is 0.387 e. The van der Waals surface area contributed by atoms with E-state index < -0.39 is 12.7 Å². The van der Waals surface area contributed by atoms with Crippen LogP contribution in [0.15, 0.2) is 48.8 Å². The second-order valence-corrected chi connectivity index (χ2v) is 4.08. The number of para-hydroxylation sites is 1. The Morgan fingerprint density at radius 1 is 1.11 bits per heavy atom. The third-order valence-corrected chi connectivity index (χ3v) is 2.74. The Kier molecular flexibility index (Phi) is 4.41. The highest BCUT2D eigenvalue weighted by atomic mass is 19.3. The number of pyridine rings is 1. The molecule has 5 heteroatoms. The van der Waals surface area contributed by atoms with Gasteiger partial charge in [0.05, 0.1) is 0 Å². The van der Waals surface area contributed by atoms with Gasteiger partial charge in [0.1, 0.15) is 5.75 Å². The summed E-state index contributed by atoms with van der Waals surface area (Å²) in [5, 5.41) is 0. The zero-order chi connectivity index (χ0) is 13.7. The van der Waals surface area contributed by atoms with Crippen molar-refractivity contribution < 1.29 is 13.5 Å². The molecule has 0 radical (unpaired) electrons. The molecule has 0 aliphatic carbocycles. The molecule has 19 heavy (non-hydrogen) atoms. The van der Waals surface area contributed by atoms with Crippen LogP contribution in [0.5, 0.6) is 5.75 Å². The number of nitrogens with zero attached hydrogens (tertiary/aromatic N) is 1. The van der Waals surface area contributed by atoms with Gasteiger partial charge in [0.15, 0.2) is 0 Å². The number of hydrogen-bond acceptors (Lipinski definition) is 3. The molecule has 2 N–H and O–H groups in total. The zero-order valence-electron chi connectivity index (χ0n) is 10.2. The van der Waals surface area contributed by atoms with Crippen LogP contribution in [0.2, 0.25) is 0 Å². The summed E-state index contributed by atoms with van der Waals surface area (Å²) in [5.41, 5.74) is 7.62. The third-order valence-electron chi connectivity index (χ3n) is 2.74. The predicted octanol–water partition coefficient (Wildman–Crippen LogP) is 2.93. The number of nitrogens with two attached hydrogens (primary N) is 1. The number of aromatic nitrogens is 1. The molecular formula is C14H14F2N2O. The maximum absolute atomic E-state index is 12.3. The van der Waals surface area contributed by atoms with Crippen molar-refractivity contribution in [3.63, 3.8) is 0 Å². The molecule has 0 fully saturated rings. The minimum absolute atomic E-state index is 0.124. The number of benzene rings is 1. The van der Waals surface area contributed by atoms with Crippen LogP contribution in [0.3, 0.4) is 0 Å². The van der Waals surface area contributed by atoms with Gasteiger partial charge in [0.2, 0.25) is 0 Å². The fraction of sp³-hybridized carbons (Fsp3) is 0.214. The lowest BCUT2D eigenvalue weighted by atomic mass is 9.99. The Labute approximate surface area is 110 Å². The van der Waals surface area contributed by atoms with Crippen molar-refractivity contribution in [2.24, 2.45) is 5.73 Å². The summed E-state index contributed by atoms with van der Waals surface area (Å²) in [6.45, 7) is -2.85. The molecular weight excluding hydrogens is 250 g/mol. The highest BCUT2D eigenvalue weighted by molar-refractivity contribution is 5.36. The Bertz CT molecular complexity index is 520. The van der Waals surface area contributed by atoms with Crippen molar-refractivity contribution in [3.05, 3.63) is 59.9 Å². The molecule has 0 saturated carbocycles. The van der Waals surface area contributed by atoms with Crippen molar-refractivity contribution in [1.29, 1.82) is 0 Å². The van der Waals surface area contributed by atoms with Crippen LogP contribution in [-0.2, 0) is 6.42 Å². The molecule has 1 heterocycles. The lowest BCUT2D eigenvalue weighted by Gasteiger charge is -2.16. The van der Waals surface area contributed by atoms with E-state index in [0.29, 0.717) is 12.0 Å². The standard InChI is InChI=1S/C14H14F2N2O/c15-14(16)19-13-4-2-1-3-11(13)12(17)9-10-5-7-18-8-6-10/h1-8,12,14H,9,17H2. The fourth-order valence-corrected chi connectivity index (χ4v) is 1.87. The van der Waals surface area contributed by atoms with Crippen LogP contribution >= 0.6 is 0 Å². The molecule has 3 nitrogen and oxygen atoms in total. The molecule has 2 rings (SSSR count). The fourth-order valence-electron chi connectivity index (χ4n) is 1.87. The van der Waals surface area contributed by atoms with Crippen LogP contribution < -0.4 is 10.5 Å². The Hall–Kier alpha value is -2.01. The molecule has 100 valence electrons. The van der Waals surface area contributed by atoms with E-state index in [1.807, 2.05) is 12.1 Å². The van der Waals surface area contributed by atoms with Crippen molar-refractivity contribution in [1.82, 2.24) is 4.98 Å². The van der Waals surface area contributed by atoms with Gasteiger partial charge in [0.25, 0.3) is 0 Å². The first-order valence-corrected chi connectivity index (χ1v) is 5.85. The van der Waals surface area contributed by atoms with Gasteiger partial charge in [-0.3, -0.25) is 4.98 Å². The summed E-state index contributed by atoms with van der Waals surface area (Å²) in [6.07, 6.45) is 3.87. The molecule has 0 bridgehead atoms. The second-order valence-electron chi connectivity index (χ2n) is 4.08. The van der Waals surface area contributed by atoms with Crippen molar-refractivity contribution in [2.45, 2.75) is 19.1 Å². The summed E-state index contributed by atoms with van der Waals surface area (Å²) in [4.78, 5) is 3.92. The van der Waals surface area contributed by atoms with Gasteiger partial charge >= 0.3 is 6.61 Å². The molecule has 1 unspecified atom stereocenters. The summed E-state index contributed by atoms with van der Waals surface area (Å²) in [7, 11) is 0. The van der Waals surface area contributed by atoms with Gasteiger partial charge in [-0.1, -0.05) is 18.2 Å². The first kappa shape index (κ1) is 13.4. The number of halogens is 2. The van der Waals surface area contributed by atoms with Crippen LogP contribution in [0.1, 0.15) is 17.2 Å². The molecule has 0 aliphatic rings. The van der Waals surface area contributed by atoms with Crippen LogP contribution in [0.25, 0.3) is 0 Å². The monoisotopic (exact) mass is 264 g/mol. The molecule has 1 aromatic carbocycles. The van der Waals surface area contributed by atoms with Gasteiger partial charge in [-0.2, -0.15) is 8.78 Å². The van der Waals surface area contributed by atoms with Gasteiger partial charge in [-0.25, -0.2) is 0 Å². The Morgan fingerprint density at radius 2 is 1.79 bits per heavy atom. The Morgan fingerprint density at radius 3 is 2.47 bits per heavy atom. The average Bonchev–Trinajstić information content (AvgIpc) is 2.39. The van der Waals surface area contributed by atoms with Crippen molar-refractivity contribution in [2.75, 3.05) is 0 Å². The minimum atomic E-state index is -2.85. The number of hydrogen-bond donors (Lipinski definition) is 1. The first-order valence-electron chi connectivity index (χ1n) is 5.85. The zero-order valence-corrected chi connectivity index (χ0v) is 10.2. The molecule has 1 aromatic heterocycles. The summed E-state index contributed by atoms with van der Waals surface area (Å²) < 4.78 is 29.1. The average molecular weight is 264 g/mol. The number of ether oxygens (including phenoxy) is 1. The number of alkyl halides is 2. The van der Waals surface area contributed by atoms with Crippen molar-refractivity contribution >= 4 is 0 Å². The predicted molar refractivity (Wildman–Crippen MR) is 67.9 cm³/mol. The van der Waals surface area contributed by atoms with Gasteiger partial charge in [-0.05, 0) is 30.2 Å². The molecule has 1 atom stereocenters. The summed E-state index contributed by atoms with van der Waals surface area (Å²) >= 11 is 0. The van der Waals surface area contributed by atoms with E-state index in [0.717, 1.165) is 5.56 Å². The molecule has 0 aliphatic heterocycles. The van der Waals surface area contributed by atoms with Gasteiger partial charge in [-0.15, -0.1) is 0 Å². The van der Waals surface area contributed by atoms with E-state index in [2.05, 4.69) is 9.72 Å².